The molecule has 1 aromatic carbocycles. The molecular formula is C10H9F5O2. The molecule has 96 valence electrons. The number of hydrogen-bond acceptors (Lipinski definition) is 2. The van der Waals surface area contributed by atoms with E-state index in [0.29, 0.717) is 0 Å². The van der Waals surface area contributed by atoms with Gasteiger partial charge in [0.25, 0.3) is 0 Å². The van der Waals surface area contributed by atoms with Gasteiger partial charge in [-0.25, -0.2) is 22.0 Å². The van der Waals surface area contributed by atoms with E-state index in [1.54, 1.807) is 0 Å². The summed E-state index contributed by atoms with van der Waals surface area (Å²) in [5, 5.41) is 0. The zero-order valence-electron chi connectivity index (χ0n) is 9.21. The molecule has 1 aromatic rings. The topological polar surface area (TPSA) is 18.5 Å². The molecule has 0 spiro atoms. The molecular weight excluding hydrogens is 247 g/mol. The van der Waals surface area contributed by atoms with Crippen LogP contribution in [0.15, 0.2) is 0 Å². The number of benzene rings is 1. The normalized spacial score (nSPS) is 12.0. The second kappa shape index (κ2) is 4.58. The van der Waals surface area contributed by atoms with E-state index >= 15 is 0 Å². The standard InChI is InChI=1S/C10H9F5O2/c1-10(16-2,17-3)4-5(11)7(13)9(15)8(14)6(4)12/h1-3H3. The number of halogens is 5. The van der Waals surface area contributed by atoms with Crippen LogP contribution in [0.3, 0.4) is 0 Å². The maximum Gasteiger partial charge on any atom is 0.200 e. The SMILES string of the molecule is COC(C)(OC)c1c(F)c(F)c(F)c(F)c1F. The molecule has 0 aromatic heterocycles. The van der Waals surface area contributed by atoms with Crippen molar-refractivity contribution in [3.8, 4) is 0 Å². The van der Waals surface area contributed by atoms with Gasteiger partial charge in [0.05, 0.1) is 5.56 Å². The zero-order valence-corrected chi connectivity index (χ0v) is 9.21. The quantitative estimate of drug-likeness (QED) is 0.358. The maximum absolute atomic E-state index is 13.4. The lowest BCUT2D eigenvalue weighted by atomic mass is 10.0. The molecule has 0 radical (unpaired) electrons. The highest BCUT2D eigenvalue weighted by molar-refractivity contribution is 5.27. The monoisotopic (exact) mass is 256 g/mol. The van der Waals surface area contributed by atoms with Crippen LogP contribution in [0.2, 0.25) is 0 Å². The predicted octanol–water partition coefficient (Wildman–Crippen LogP) is 2.85. The van der Waals surface area contributed by atoms with E-state index in [-0.39, 0.29) is 0 Å². The van der Waals surface area contributed by atoms with Crippen molar-refractivity contribution >= 4 is 0 Å². The number of methoxy groups -OCH3 is 2. The largest absolute Gasteiger partial charge is 0.349 e. The summed E-state index contributed by atoms with van der Waals surface area (Å²) < 4.78 is 74.7. The van der Waals surface area contributed by atoms with Gasteiger partial charge in [-0.05, 0) is 6.92 Å². The molecule has 0 atom stereocenters. The summed E-state index contributed by atoms with van der Waals surface area (Å²) in [5.41, 5.74) is -1.17. The van der Waals surface area contributed by atoms with Crippen LogP contribution in [0.4, 0.5) is 22.0 Å². The van der Waals surface area contributed by atoms with Crippen LogP contribution in [0, 0.1) is 29.1 Å². The van der Waals surface area contributed by atoms with Gasteiger partial charge in [-0.2, -0.15) is 0 Å². The van der Waals surface area contributed by atoms with Gasteiger partial charge in [-0.3, -0.25) is 0 Å². The molecule has 0 N–H and O–H groups in total. The highest BCUT2D eigenvalue weighted by Gasteiger charge is 2.38. The molecule has 0 aliphatic carbocycles. The highest BCUT2D eigenvalue weighted by Crippen LogP contribution is 2.33. The van der Waals surface area contributed by atoms with Crippen LogP contribution >= 0.6 is 0 Å². The third-order valence-electron chi connectivity index (χ3n) is 2.44. The fourth-order valence-corrected chi connectivity index (χ4v) is 1.29. The van der Waals surface area contributed by atoms with Crippen molar-refractivity contribution < 1.29 is 31.4 Å². The average Bonchev–Trinajstić information content (AvgIpc) is 2.33. The second-order valence-corrected chi connectivity index (χ2v) is 3.30. The van der Waals surface area contributed by atoms with Gasteiger partial charge in [0, 0.05) is 14.2 Å². The molecule has 0 unspecified atom stereocenters. The Bertz CT molecular complexity index is 414. The van der Waals surface area contributed by atoms with Gasteiger partial charge in [-0.1, -0.05) is 0 Å². The van der Waals surface area contributed by atoms with Crippen molar-refractivity contribution in [1.29, 1.82) is 0 Å². The van der Waals surface area contributed by atoms with Gasteiger partial charge in [0.15, 0.2) is 29.1 Å². The third-order valence-corrected chi connectivity index (χ3v) is 2.44. The molecule has 17 heavy (non-hydrogen) atoms. The zero-order chi connectivity index (χ0) is 13.4. The lowest BCUT2D eigenvalue weighted by molar-refractivity contribution is -0.205. The van der Waals surface area contributed by atoms with Gasteiger partial charge in [-0.15, -0.1) is 0 Å². The van der Waals surface area contributed by atoms with Crippen molar-refractivity contribution in [2.45, 2.75) is 12.7 Å². The van der Waals surface area contributed by atoms with Gasteiger partial charge < -0.3 is 9.47 Å². The molecule has 7 heteroatoms. The van der Waals surface area contributed by atoms with E-state index in [9.17, 15) is 22.0 Å². The smallest absolute Gasteiger partial charge is 0.200 e. The van der Waals surface area contributed by atoms with Crippen LogP contribution in [0.5, 0.6) is 0 Å². The van der Waals surface area contributed by atoms with Crippen LogP contribution in [0.25, 0.3) is 0 Å². The Kier molecular flexibility index (Phi) is 3.73. The summed E-state index contributed by atoms with van der Waals surface area (Å²) in [6, 6.07) is 0. The molecule has 0 amide bonds. The molecule has 0 saturated carbocycles. The molecule has 0 heterocycles. The van der Waals surface area contributed by atoms with E-state index in [1.165, 1.54) is 0 Å². The van der Waals surface area contributed by atoms with Gasteiger partial charge in [0.1, 0.15) is 0 Å². The van der Waals surface area contributed by atoms with Crippen LogP contribution in [-0.2, 0) is 15.3 Å². The molecule has 0 fully saturated rings. The minimum atomic E-state index is -2.22. The van der Waals surface area contributed by atoms with E-state index in [0.717, 1.165) is 21.1 Å². The van der Waals surface area contributed by atoms with Crippen LogP contribution in [-0.4, -0.2) is 14.2 Å². The Morgan fingerprint density at radius 2 is 1.00 bits per heavy atom. The summed E-state index contributed by atoms with van der Waals surface area (Å²) in [5.74, 6) is -12.3. The Morgan fingerprint density at radius 1 is 0.706 bits per heavy atom. The fraction of sp³-hybridized carbons (Fsp3) is 0.400. The summed E-state index contributed by atoms with van der Waals surface area (Å²) in [7, 11) is 2.03. The Labute approximate surface area is 93.9 Å². The van der Waals surface area contributed by atoms with E-state index in [1.807, 2.05) is 0 Å². The number of rotatable bonds is 3. The summed E-state index contributed by atoms with van der Waals surface area (Å²) in [6.45, 7) is 1.03. The Hall–Kier alpha value is -1.21. The number of hydrogen-bond donors (Lipinski definition) is 0. The fourth-order valence-electron chi connectivity index (χ4n) is 1.29. The minimum Gasteiger partial charge on any atom is -0.349 e. The lowest BCUT2D eigenvalue weighted by Crippen LogP contribution is -2.31. The molecule has 0 aliphatic rings. The molecule has 0 aliphatic heterocycles. The summed E-state index contributed by atoms with van der Waals surface area (Å²) in [6.07, 6.45) is 0. The first-order valence-corrected chi connectivity index (χ1v) is 4.42. The molecule has 2 nitrogen and oxygen atoms in total. The first-order valence-electron chi connectivity index (χ1n) is 4.42. The van der Waals surface area contributed by atoms with Gasteiger partial charge >= 0.3 is 0 Å². The van der Waals surface area contributed by atoms with Crippen molar-refractivity contribution in [2.75, 3.05) is 14.2 Å². The van der Waals surface area contributed by atoms with E-state index in [4.69, 9.17) is 0 Å². The van der Waals surface area contributed by atoms with E-state index < -0.39 is 40.4 Å². The minimum absolute atomic E-state index is 1.02. The van der Waals surface area contributed by atoms with E-state index in [2.05, 4.69) is 9.47 Å². The predicted molar refractivity (Wildman–Crippen MR) is 47.6 cm³/mol. The summed E-state index contributed by atoms with van der Waals surface area (Å²) >= 11 is 0. The summed E-state index contributed by atoms with van der Waals surface area (Å²) in [4.78, 5) is 0. The van der Waals surface area contributed by atoms with Crippen molar-refractivity contribution in [3.63, 3.8) is 0 Å². The number of ether oxygens (including phenoxy) is 2. The highest BCUT2D eigenvalue weighted by atomic mass is 19.2. The Morgan fingerprint density at radius 3 is 1.29 bits per heavy atom. The Balaban J connectivity index is 3.65. The molecule has 1 rings (SSSR count). The van der Waals surface area contributed by atoms with Crippen molar-refractivity contribution in [3.05, 3.63) is 34.6 Å². The van der Waals surface area contributed by atoms with Crippen molar-refractivity contribution in [2.24, 2.45) is 0 Å². The first kappa shape index (κ1) is 13.9. The maximum atomic E-state index is 13.4. The first-order chi connectivity index (χ1) is 7.80. The molecule has 0 bridgehead atoms. The average molecular weight is 256 g/mol. The third kappa shape index (κ3) is 2.00. The second-order valence-electron chi connectivity index (χ2n) is 3.30. The van der Waals surface area contributed by atoms with Crippen molar-refractivity contribution in [1.82, 2.24) is 0 Å². The van der Waals surface area contributed by atoms with Crippen LogP contribution < -0.4 is 0 Å². The lowest BCUT2D eigenvalue weighted by Gasteiger charge is -2.27. The van der Waals surface area contributed by atoms with Crippen LogP contribution in [0.1, 0.15) is 12.5 Å². The molecule has 0 saturated heterocycles. The van der Waals surface area contributed by atoms with Gasteiger partial charge in [0.2, 0.25) is 5.82 Å².